The number of aromatic nitrogens is 1. The van der Waals surface area contributed by atoms with Crippen LogP contribution in [0.4, 0.5) is 5.69 Å². The van der Waals surface area contributed by atoms with Crippen LogP contribution in [-0.4, -0.2) is 47.9 Å². The molecule has 1 heterocycles. The van der Waals surface area contributed by atoms with E-state index in [-0.39, 0.29) is 29.0 Å². The third-order valence-corrected chi connectivity index (χ3v) is 5.17. The van der Waals surface area contributed by atoms with Crippen molar-refractivity contribution in [2.24, 2.45) is 5.73 Å². The lowest BCUT2D eigenvalue weighted by molar-refractivity contribution is -0.384. The van der Waals surface area contributed by atoms with E-state index < -0.39 is 16.9 Å². The first-order chi connectivity index (χ1) is 14.3. The van der Waals surface area contributed by atoms with Crippen LogP contribution in [0.3, 0.4) is 0 Å². The van der Waals surface area contributed by atoms with Gasteiger partial charge in [-0.2, -0.15) is 11.8 Å². The number of hydrogen-bond donors (Lipinski definition) is 1. The number of methoxy groups -OCH3 is 1. The van der Waals surface area contributed by atoms with Crippen molar-refractivity contribution in [3.8, 4) is 11.1 Å². The van der Waals surface area contributed by atoms with E-state index in [1.807, 2.05) is 0 Å². The van der Waals surface area contributed by atoms with Gasteiger partial charge in [0.1, 0.15) is 0 Å². The van der Waals surface area contributed by atoms with Gasteiger partial charge < -0.3 is 15.2 Å². The molecule has 0 aliphatic rings. The number of nitrogens with zero attached hydrogens (tertiary/aromatic N) is 2. The third-order valence-electron chi connectivity index (χ3n) is 4.17. The molecular formula is C20H23N3O6S. The van der Waals surface area contributed by atoms with Crippen molar-refractivity contribution in [3.63, 3.8) is 0 Å². The van der Waals surface area contributed by atoms with Crippen molar-refractivity contribution in [1.82, 2.24) is 4.98 Å². The van der Waals surface area contributed by atoms with E-state index in [1.54, 1.807) is 19.9 Å². The van der Waals surface area contributed by atoms with Gasteiger partial charge in [0, 0.05) is 35.7 Å². The number of aryl methyl sites for hydroxylation is 1. The van der Waals surface area contributed by atoms with Crippen LogP contribution in [-0.2, 0) is 15.2 Å². The van der Waals surface area contributed by atoms with Gasteiger partial charge in [0.05, 0.1) is 41.2 Å². The molecule has 9 nitrogen and oxygen atoms in total. The van der Waals surface area contributed by atoms with Gasteiger partial charge in [-0.25, -0.2) is 9.59 Å². The predicted molar refractivity (Wildman–Crippen MR) is 114 cm³/mol. The second kappa shape index (κ2) is 10.7. The molecule has 1 aromatic heterocycles. The molecule has 0 spiro atoms. The summed E-state index contributed by atoms with van der Waals surface area (Å²) in [6.45, 7) is 3.86. The highest BCUT2D eigenvalue weighted by atomic mass is 32.2. The molecule has 2 aromatic rings. The Morgan fingerprint density at radius 1 is 1.27 bits per heavy atom. The van der Waals surface area contributed by atoms with Gasteiger partial charge in [-0.1, -0.05) is 12.1 Å². The number of non-ortho nitro benzene ring substituents is 1. The molecule has 160 valence electrons. The van der Waals surface area contributed by atoms with E-state index in [1.165, 1.54) is 37.1 Å². The van der Waals surface area contributed by atoms with Crippen LogP contribution in [0.25, 0.3) is 11.1 Å². The summed E-state index contributed by atoms with van der Waals surface area (Å²) in [5, 5.41) is 11.3. The Morgan fingerprint density at radius 2 is 2.00 bits per heavy atom. The number of pyridine rings is 1. The molecule has 0 amide bonds. The average molecular weight is 433 g/mol. The number of hydrogen-bond acceptors (Lipinski definition) is 9. The fourth-order valence-electron chi connectivity index (χ4n) is 2.96. The molecule has 0 bridgehead atoms. The Kier molecular flexibility index (Phi) is 8.31. The molecule has 30 heavy (non-hydrogen) atoms. The summed E-state index contributed by atoms with van der Waals surface area (Å²) in [5.74, 6) is -0.364. The maximum Gasteiger partial charge on any atom is 0.340 e. The summed E-state index contributed by atoms with van der Waals surface area (Å²) in [5.41, 5.74) is 6.83. The smallest absolute Gasteiger partial charge is 0.340 e. The van der Waals surface area contributed by atoms with Crippen LogP contribution in [0.2, 0.25) is 0 Å². The van der Waals surface area contributed by atoms with Gasteiger partial charge in [-0.05, 0) is 19.4 Å². The van der Waals surface area contributed by atoms with Gasteiger partial charge in [-0.3, -0.25) is 15.1 Å². The first-order valence-electron chi connectivity index (χ1n) is 9.17. The molecule has 0 saturated heterocycles. The summed E-state index contributed by atoms with van der Waals surface area (Å²) >= 11 is 1.48. The Balaban J connectivity index is 2.88. The highest BCUT2D eigenvalue weighted by Crippen LogP contribution is 2.35. The van der Waals surface area contributed by atoms with Crippen LogP contribution >= 0.6 is 11.8 Å². The molecule has 0 radical (unpaired) electrons. The maximum absolute atomic E-state index is 12.9. The quantitative estimate of drug-likeness (QED) is 0.274. The van der Waals surface area contributed by atoms with Crippen LogP contribution in [0.15, 0.2) is 24.3 Å². The normalized spacial score (nSPS) is 10.5. The van der Waals surface area contributed by atoms with E-state index in [9.17, 15) is 19.7 Å². The Bertz CT molecular complexity index is 964. The number of benzene rings is 1. The van der Waals surface area contributed by atoms with Crippen molar-refractivity contribution >= 4 is 29.4 Å². The summed E-state index contributed by atoms with van der Waals surface area (Å²) in [6.07, 6.45) is 0. The zero-order chi connectivity index (χ0) is 22.3. The monoisotopic (exact) mass is 433 g/mol. The second-order valence-electron chi connectivity index (χ2n) is 6.13. The van der Waals surface area contributed by atoms with E-state index in [4.69, 9.17) is 15.2 Å². The summed E-state index contributed by atoms with van der Waals surface area (Å²) in [6, 6.07) is 5.72. The molecule has 0 fully saturated rings. The minimum atomic E-state index is -0.701. The summed E-state index contributed by atoms with van der Waals surface area (Å²) < 4.78 is 10.1. The van der Waals surface area contributed by atoms with Gasteiger partial charge in [0.15, 0.2) is 0 Å². The van der Waals surface area contributed by atoms with E-state index in [2.05, 4.69) is 4.98 Å². The third kappa shape index (κ3) is 5.14. The van der Waals surface area contributed by atoms with Crippen molar-refractivity contribution in [2.45, 2.75) is 19.6 Å². The average Bonchev–Trinajstić information content (AvgIpc) is 2.73. The molecule has 1 aromatic carbocycles. The van der Waals surface area contributed by atoms with Crippen LogP contribution < -0.4 is 5.73 Å². The Hall–Kier alpha value is -2.98. The standard InChI is InChI=1S/C20H23N3O6S/c1-4-29-20(25)18-15(11-30-9-8-21)22-12(2)16(19(24)28-3)17(18)13-6-5-7-14(10-13)23(26)27/h5-7,10H,4,8-9,11,21H2,1-3H3. The molecule has 2 N–H and O–H groups in total. The fraction of sp³-hybridized carbons (Fsp3) is 0.350. The highest BCUT2D eigenvalue weighted by molar-refractivity contribution is 7.98. The first kappa shape index (κ1) is 23.3. The number of nitrogens with two attached hydrogens (primary N) is 1. The molecule has 0 unspecified atom stereocenters. The largest absolute Gasteiger partial charge is 0.465 e. The molecular weight excluding hydrogens is 410 g/mol. The van der Waals surface area contributed by atoms with Gasteiger partial charge in [0.25, 0.3) is 5.69 Å². The fourth-order valence-corrected chi connectivity index (χ4v) is 3.67. The number of rotatable bonds is 9. The topological polar surface area (TPSA) is 135 Å². The van der Waals surface area contributed by atoms with Crippen molar-refractivity contribution in [2.75, 3.05) is 26.0 Å². The Labute approximate surface area is 178 Å². The molecule has 10 heteroatoms. The zero-order valence-electron chi connectivity index (χ0n) is 17.0. The lowest BCUT2D eigenvalue weighted by atomic mass is 9.92. The van der Waals surface area contributed by atoms with Crippen LogP contribution in [0.5, 0.6) is 0 Å². The zero-order valence-corrected chi connectivity index (χ0v) is 17.8. The van der Waals surface area contributed by atoms with Crippen molar-refractivity contribution < 1.29 is 24.0 Å². The Morgan fingerprint density at radius 3 is 2.60 bits per heavy atom. The van der Waals surface area contributed by atoms with E-state index in [0.717, 1.165) is 0 Å². The first-order valence-corrected chi connectivity index (χ1v) is 10.3. The van der Waals surface area contributed by atoms with Gasteiger partial charge >= 0.3 is 11.9 Å². The lowest BCUT2D eigenvalue weighted by Gasteiger charge is -2.18. The minimum Gasteiger partial charge on any atom is -0.465 e. The van der Waals surface area contributed by atoms with Gasteiger partial charge in [-0.15, -0.1) is 0 Å². The number of carbonyl (C=O) groups excluding carboxylic acids is 2. The number of nitro groups is 1. The van der Waals surface area contributed by atoms with Crippen molar-refractivity contribution in [3.05, 3.63) is 56.9 Å². The number of esters is 2. The second-order valence-corrected chi connectivity index (χ2v) is 7.23. The summed E-state index contributed by atoms with van der Waals surface area (Å²) in [7, 11) is 1.22. The number of thioether (sulfide) groups is 1. The maximum atomic E-state index is 12.9. The molecule has 0 atom stereocenters. The van der Waals surface area contributed by atoms with Crippen molar-refractivity contribution in [1.29, 1.82) is 0 Å². The molecule has 0 aliphatic heterocycles. The van der Waals surface area contributed by atoms with E-state index >= 15 is 0 Å². The molecule has 0 saturated carbocycles. The minimum absolute atomic E-state index is 0.0635. The number of carbonyl (C=O) groups is 2. The SMILES string of the molecule is CCOC(=O)c1c(CSCCN)nc(C)c(C(=O)OC)c1-c1cccc([N+](=O)[O-])c1. The summed E-state index contributed by atoms with van der Waals surface area (Å²) in [4.78, 5) is 40.7. The molecule has 0 aliphatic carbocycles. The number of ether oxygens (including phenoxy) is 2. The predicted octanol–water partition coefficient (Wildman–Crippen LogP) is 3.12. The lowest BCUT2D eigenvalue weighted by Crippen LogP contribution is -2.18. The highest BCUT2D eigenvalue weighted by Gasteiger charge is 2.29. The molecule has 2 rings (SSSR count). The van der Waals surface area contributed by atoms with Crippen LogP contribution in [0, 0.1) is 17.0 Å². The number of nitro benzene ring substituents is 1. The van der Waals surface area contributed by atoms with Gasteiger partial charge in [0.2, 0.25) is 0 Å². The van der Waals surface area contributed by atoms with Crippen LogP contribution in [0.1, 0.15) is 39.0 Å². The van der Waals surface area contributed by atoms with E-state index in [0.29, 0.717) is 35.0 Å².